The summed E-state index contributed by atoms with van der Waals surface area (Å²) >= 11 is 0. The standard InChI is InChI=1S/C10H12O2/c11-10(12)4-3-9-6-7-1-2-8(9)5-7/h1-4,7-9H,5-6H2,(H,11,12)/t7-,8-,9+/m0/s1. The monoisotopic (exact) mass is 164 g/mol. The molecule has 0 heterocycles. The summed E-state index contributed by atoms with van der Waals surface area (Å²) in [6.07, 6.45) is 9.98. The lowest BCUT2D eigenvalue weighted by Crippen LogP contribution is -2.03. The molecule has 0 radical (unpaired) electrons. The van der Waals surface area contributed by atoms with Crippen LogP contribution in [0.2, 0.25) is 0 Å². The van der Waals surface area contributed by atoms with E-state index in [-0.39, 0.29) is 0 Å². The first-order valence-electron chi connectivity index (χ1n) is 4.35. The highest BCUT2D eigenvalue weighted by Gasteiger charge is 2.33. The molecule has 0 aliphatic heterocycles. The highest BCUT2D eigenvalue weighted by Crippen LogP contribution is 2.43. The van der Waals surface area contributed by atoms with Crippen LogP contribution in [0.3, 0.4) is 0 Å². The van der Waals surface area contributed by atoms with Gasteiger partial charge in [0, 0.05) is 6.08 Å². The lowest BCUT2D eigenvalue weighted by atomic mass is 9.93. The Morgan fingerprint density at radius 3 is 2.75 bits per heavy atom. The van der Waals surface area contributed by atoms with Crippen molar-refractivity contribution < 1.29 is 9.90 Å². The van der Waals surface area contributed by atoms with Crippen molar-refractivity contribution in [2.45, 2.75) is 12.8 Å². The summed E-state index contributed by atoms with van der Waals surface area (Å²) in [5.41, 5.74) is 0. The molecule has 0 unspecified atom stereocenters. The third kappa shape index (κ3) is 1.29. The van der Waals surface area contributed by atoms with Gasteiger partial charge in [0.25, 0.3) is 0 Å². The lowest BCUT2D eigenvalue weighted by Gasteiger charge is -2.12. The largest absolute Gasteiger partial charge is 0.478 e. The molecule has 0 spiro atoms. The van der Waals surface area contributed by atoms with E-state index >= 15 is 0 Å². The van der Waals surface area contributed by atoms with Gasteiger partial charge in [-0.2, -0.15) is 0 Å². The van der Waals surface area contributed by atoms with Crippen molar-refractivity contribution in [2.24, 2.45) is 17.8 Å². The summed E-state index contributed by atoms with van der Waals surface area (Å²) in [5.74, 6) is 0.988. The van der Waals surface area contributed by atoms with Crippen molar-refractivity contribution in [3.8, 4) is 0 Å². The molecule has 2 rings (SSSR count). The number of hydrogen-bond acceptors (Lipinski definition) is 1. The Kier molecular flexibility index (Phi) is 1.75. The van der Waals surface area contributed by atoms with Crippen LogP contribution >= 0.6 is 0 Å². The highest BCUT2D eigenvalue weighted by molar-refractivity contribution is 5.79. The number of hydrogen-bond donors (Lipinski definition) is 1. The molecule has 0 aromatic rings. The fraction of sp³-hybridized carbons (Fsp3) is 0.500. The molecule has 2 aliphatic carbocycles. The molecule has 0 saturated heterocycles. The Balaban J connectivity index is 1.99. The zero-order chi connectivity index (χ0) is 8.55. The zero-order valence-corrected chi connectivity index (χ0v) is 6.81. The summed E-state index contributed by atoms with van der Waals surface area (Å²) in [7, 11) is 0. The van der Waals surface area contributed by atoms with E-state index in [2.05, 4.69) is 12.2 Å². The fourth-order valence-corrected chi connectivity index (χ4v) is 2.25. The Morgan fingerprint density at radius 2 is 2.25 bits per heavy atom. The molecular formula is C10H12O2. The average Bonchev–Trinajstić information content (AvgIpc) is 2.60. The smallest absolute Gasteiger partial charge is 0.327 e. The van der Waals surface area contributed by atoms with Gasteiger partial charge >= 0.3 is 5.97 Å². The van der Waals surface area contributed by atoms with Gasteiger partial charge < -0.3 is 5.11 Å². The van der Waals surface area contributed by atoms with Crippen molar-refractivity contribution in [1.82, 2.24) is 0 Å². The van der Waals surface area contributed by atoms with Gasteiger partial charge in [0.2, 0.25) is 0 Å². The number of carboxylic acid groups (broad SMARTS) is 1. The molecule has 0 amide bonds. The van der Waals surface area contributed by atoms with E-state index in [9.17, 15) is 4.79 Å². The summed E-state index contributed by atoms with van der Waals surface area (Å²) < 4.78 is 0. The van der Waals surface area contributed by atoms with E-state index in [1.165, 1.54) is 12.5 Å². The number of aliphatic carboxylic acids is 1. The molecule has 2 heteroatoms. The molecule has 1 saturated carbocycles. The molecular weight excluding hydrogens is 152 g/mol. The number of rotatable bonds is 2. The minimum atomic E-state index is -0.832. The van der Waals surface area contributed by atoms with Gasteiger partial charge in [0.05, 0.1) is 0 Å². The van der Waals surface area contributed by atoms with Crippen LogP contribution in [0, 0.1) is 17.8 Å². The number of carboxylic acids is 1. The van der Waals surface area contributed by atoms with E-state index in [0.29, 0.717) is 11.8 Å². The normalized spacial score (nSPS) is 38.2. The van der Waals surface area contributed by atoms with E-state index < -0.39 is 5.97 Å². The molecule has 64 valence electrons. The van der Waals surface area contributed by atoms with Crippen LogP contribution in [0.5, 0.6) is 0 Å². The summed E-state index contributed by atoms with van der Waals surface area (Å²) in [6.45, 7) is 0. The summed E-state index contributed by atoms with van der Waals surface area (Å²) in [6, 6.07) is 0. The first kappa shape index (κ1) is 7.59. The average molecular weight is 164 g/mol. The van der Waals surface area contributed by atoms with Crippen molar-refractivity contribution in [3.63, 3.8) is 0 Å². The Bertz CT molecular complexity index is 253. The maximum atomic E-state index is 10.3. The second-order valence-corrected chi connectivity index (χ2v) is 3.64. The van der Waals surface area contributed by atoms with Gasteiger partial charge in [-0.1, -0.05) is 18.2 Å². The van der Waals surface area contributed by atoms with Crippen LogP contribution in [0.25, 0.3) is 0 Å². The highest BCUT2D eigenvalue weighted by atomic mass is 16.4. The maximum Gasteiger partial charge on any atom is 0.327 e. The van der Waals surface area contributed by atoms with E-state index in [1.807, 2.05) is 6.08 Å². The molecule has 3 atom stereocenters. The number of fused-ring (bicyclic) bond motifs is 2. The third-order valence-electron chi connectivity index (χ3n) is 2.82. The third-order valence-corrected chi connectivity index (χ3v) is 2.82. The van der Waals surface area contributed by atoms with Gasteiger partial charge in [-0.3, -0.25) is 0 Å². The maximum absolute atomic E-state index is 10.3. The van der Waals surface area contributed by atoms with Crippen LogP contribution in [0.1, 0.15) is 12.8 Å². The van der Waals surface area contributed by atoms with Gasteiger partial charge in [-0.15, -0.1) is 0 Å². The second-order valence-electron chi connectivity index (χ2n) is 3.64. The quantitative estimate of drug-likeness (QED) is 0.499. The number of allylic oxidation sites excluding steroid dienone is 3. The predicted molar refractivity (Wildman–Crippen MR) is 45.6 cm³/mol. The first-order chi connectivity index (χ1) is 5.75. The topological polar surface area (TPSA) is 37.3 Å². The SMILES string of the molecule is O=C(O)C=C[C@@H]1C[C@H]2C=C[C@H]1C2. The molecule has 12 heavy (non-hydrogen) atoms. The minimum Gasteiger partial charge on any atom is -0.478 e. The predicted octanol–water partition coefficient (Wildman–Crippen LogP) is 1.84. The van der Waals surface area contributed by atoms with Crippen LogP contribution in [-0.4, -0.2) is 11.1 Å². The van der Waals surface area contributed by atoms with Crippen molar-refractivity contribution in [1.29, 1.82) is 0 Å². The van der Waals surface area contributed by atoms with Crippen molar-refractivity contribution >= 4 is 5.97 Å². The molecule has 1 N–H and O–H groups in total. The van der Waals surface area contributed by atoms with Gasteiger partial charge in [0.1, 0.15) is 0 Å². The van der Waals surface area contributed by atoms with E-state index in [4.69, 9.17) is 5.11 Å². The number of carbonyl (C=O) groups is 1. The Labute approximate surface area is 71.6 Å². The second kappa shape index (κ2) is 2.77. The summed E-state index contributed by atoms with van der Waals surface area (Å²) in [4.78, 5) is 10.3. The molecule has 2 bridgehead atoms. The van der Waals surface area contributed by atoms with Crippen molar-refractivity contribution in [3.05, 3.63) is 24.3 Å². The summed E-state index contributed by atoms with van der Waals surface area (Å²) in [5, 5.41) is 8.44. The molecule has 0 aromatic carbocycles. The van der Waals surface area contributed by atoms with Crippen LogP contribution in [0.15, 0.2) is 24.3 Å². The molecule has 2 nitrogen and oxygen atoms in total. The van der Waals surface area contributed by atoms with Crippen LogP contribution in [-0.2, 0) is 4.79 Å². The van der Waals surface area contributed by atoms with Gasteiger partial charge in [-0.25, -0.2) is 4.79 Å². The fourth-order valence-electron chi connectivity index (χ4n) is 2.25. The molecule has 1 fully saturated rings. The van der Waals surface area contributed by atoms with Crippen LogP contribution in [0.4, 0.5) is 0 Å². The van der Waals surface area contributed by atoms with E-state index in [1.54, 1.807) is 0 Å². The van der Waals surface area contributed by atoms with E-state index in [0.717, 1.165) is 12.3 Å². The van der Waals surface area contributed by atoms with Gasteiger partial charge in [-0.05, 0) is 30.6 Å². The van der Waals surface area contributed by atoms with Crippen LogP contribution < -0.4 is 0 Å². The van der Waals surface area contributed by atoms with Gasteiger partial charge in [0.15, 0.2) is 0 Å². The zero-order valence-electron chi connectivity index (χ0n) is 6.81. The lowest BCUT2D eigenvalue weighted by molar-refractivity contribution is -0.131. The minimum absolute atomic E-state index is 0.482. The molecule has 0 aromatic heterocycles. The Morgan fingerprint density at radius 1 is 1.42 bits per heavy atom. The molecule has 2 aliphatic rings. The first-order valence-corrected chi connectivity index (χ1v) is 4.35. The Hall–Kier alpha value is -1.05. The van der Waals surface area contributed by atoms with Crippen molar-refractivity contribution in [2.75, 3.05) is 0 Å².